The highest BCUT2D eigenvalue weighted by atomic mass is 32.1. The summed E-state index contributed by atoms with van der Waals surface area (Å²) < 4.78 is 1.07. The normalized spacial score (nSPS) is 13.8. The molecule has 0 fully saturated rings. The van der Waals surface area contributed by atoms with E-state index in [1.54, 1.807) is 24.8 Å². The maximum Gasteiger partial charge on any atom is 0.311 e. The highest BCUT2D eigenvalue weighted by Crippen LogP contribution is 2.34. The van der Waals surface area contributed by atoms with E-state index in [2.05, 4.69) is 20.3 Å². The first kappa shape index (κ1) is 17.9. The van der Waals surface area contributed by atoms with Crippen LogP contribution in [0.3, 0.4) is 0 Å². The number of aromatic hydroxyl groups is 1. The Hall–Kier alpha value is -3.46. The SMILES string of the molecule is O=C(Cn1c(O)c(/C=C2\C=Nc3ccccc32)sc1=O)NCCc1cnc[nH]1. The van der Waals surface area contributed by atoms with Crippen LogP contribution in [-0.2, 0) is 17.8 Å². The van der Waals surface area contributed by atoms with E-state index in [1.165, 1.54) is 0 Å². The molecule has 0 saturated heterocycles. The molecule has 28 heavy (non-hydrogen) atoms. The summed E-state index contributed by atoms with van der Waals surface area (Å²) in [5, 5.41) is 13.2. The molecule has 0 radical (unpaired) electrons. The van der Waals surface area contributed by atoms with Gasteiger partial charge in [0.1, 0.15) is 6.54 Å². The molecular formula is C19H17N5O3S. The Kier molecular flexibility index (Phi) is 4.90. The van der Waals surface area contributed by atoms with E-state index >= 15 is 0 Å². The van der Waals surface area contributed by atoms with Gasteiger partial charge in [-0.25, -0.2) is 4.98 Å². The summed E-state index contributed by atoms with van der Waals surface area (Å²) in [7, 11) is 0. The van der Waals surface area contributed by atoms with Gasteiger partial charge in [0, 0.05) is 42.2 Å². The second-order valence-corrected chi connectivity index (χ2v) is 7.19. The zero-order valence-corrected chi connectivity index (χ0v) is 15.6. The summed E-state index contributed by atoms with van der Waals surface area (Å²) in [5.41, 5.74) is 3.49. The maximum absolute atomic E-state index is 12.2. The predicted octanol–water partition coefficient (Wildman–Crippen LogP) is 1.95. The quantitative estimate of drug-likeness (QED) is 0.592. The van der Waals surface area contributed by atoms with Crippen LogP contribution in [0.15, 0.2) is 46.6 Å². The van der Waals surface area contributed by atoms with Gasteiger partial charge in [0.15, 0.2) is 0 Å². The lowest BCUT2D eigenvalue weighted by molar-refractivity contribution is -0.121. The third kappa shape index (κ3) is 3.65. The fraction of sp³-hybridized carbons (Fsp3) is 0.158. The number of imidazole rings is 1. The van der Waals surface area contributed by atoms with E-state index in [4.69, 9.17) is 0 Å². The minimum Gasteiger partial charge on any atom is -0.493 e. The lowest BCUT2D eigenvalue weighted by Gasteiger charge is -2.06. The summed E-state index contributed by atoms with van der Waals surface area (Å²) in [6, 6.07) is 7.63. The summed E-state index contributed by atoms with van der Waals surface area (Å²) >= 11 is 0.892. The summed E-state index contributed by atoms with van der Waals surface area (Å²) in [4.78, 5) is 35.5. The number of carbonyl (C=O) groups excluding carboxylic acids is 1. The van der Waals surface area contributed by atoms with Crippen molar-refractivity contribution < 1.29 is 9.90 Å². The molecule has 9 heteroatoms. The Morgan fingerprint density at radius 3 is 3.04 bits per heavy atom. The summed E-state index contributed by atoms with van der Waals surface area (Å²) in [6.07, 6.45) is 7.27. The number of H-pyrrole nitrogens is 1. The number of benzene rings is 1. The van der Waals surface area contributed by atoms with Crippen LogP contribution in [0.2, 0.25) is 0 Å². The average molecular weight is 395 g/mol. The van der Waals surface area contributed by atoms with Gasteiger partial charge in [-0.05, 0) is 12.1 Å². The smallest absolute Gasteiger partial charge is 0.311 e. The molecule has 3 N–H and O–H groups in total. The Morgan fingerprint density at radius 1 is 1.36 bits per heavy atom. The highest BCUT2D eigenvalue weighted by molar-refractivity contribution is 7.10. The molecule has 2 aromatic heterocycles. The Balaban J connectivity index is 1.46. The van der Waals surface area contributed by atoms with Gasteiger partial charge in [0.2, 0.25) is 11.8 Å². The van der Waals surface area contributed by atoms with E-state index in [-0.39, 0.29) is 18.3 Å². The van der Waals surface area contributed by atoms with Gasteiger partial charge in [-0.15, -0.1) is 0 Å². The molecule has 0 atom stereocenters. The number of nitrogens with one attached hydrogen (secondary N) is 2. The van der Waals surface area contributed by atoms with E-state index in [0.29, 0.717) is 17.8 Å². The summed E-state index contributed by atoms with van der Waals surface area (Å²) in [5.74, 6) is -0.564. The Morgan fingerprint density at radius 2 is 2.21 bits per heavy atom. The predicted molar refractivity (Wildman–Crippen MR) is 108 cm³/mol. The minimum absolute atomic E-state index is 0.219. The minimum atomic E-state index is -0.392. The van der Waals surface area contributed by atoms with Crippen LogP contribution in [0, 0.1) is 0 Å². The first-order chi connectivity index (χ1) is 13.6. The van der Waals surface area contributed by atoms with Gasteiger partial charge in [-0.2, -0.15) is 0 Å². The number of hydrogen-bond acceptors (Lipinski definition) is 6. The van der Waals surface area contributed by atoms with Crippen molar-refractivity contribution in [3.8, 4) is 5.88 Å². The average Bonchev–Trinajstić information content (AvgIpc) is 3.40. The number of nitrogens with zero attached hydrogens (tertiary/aromatic N) is 3. The topological polar surface area (TPSA) is 112 Å². The fourth-order valence-corrected chi connectivity index (χ4v) is 3.74. The van der Waals surface area contributed by atoms with Gasteiger partial charge < -0.3 is 15.4 Å². The van der Waals surface area contributed by atoms with Crippen LogP contribution >= 0.6 is 11.3 Å². The van der Waals surface area contributed by atoms with E-state index < -0.39 is 4.87 Å². The molecule has 0 aliphatic carbocycles. The van der Waals surface area contributed by atoms with Crippen molar-refractivity contribution in [2.24, 2.45) is 4.99 Å². The van der Waals surface area contributed by atoms with Gasteiger partial charge in [-0.1, -0.05) is 29.5 Å². The highest BCUT2D eigenvalue weighted by Gasteiger charge is 2.18. The number of amides is 1. The maximum atomic E-state index is 12.2. The number of aromatic amines is 1. The Labute approximate surface area is 163 Å². The Bertz CT molecular complexity index is 1120. The molecule has 1 aromatic carbocycles. The second-order valence-electron chi connectivity index (χ2n) is 6.19. The van der Waals surface area contributed by atoms with E-state index in [0.717, 1.165) is 38.4 Å². The van der Waals surface area contributed by atoms with Crippen molar-refractivity contribution in [3.63, 3.8) is 0 Å². The molecule has 3 heterocycles. The largest absolute Gasteiger partial charge is 0.493 e. The molecule has 3 aromatic rings. The van der Waals surface area contributed by atoms with Crippen LogP contribution in [0.5, 0.6) is 5.88 Å². The molecule has 1 aliphatic heterocycles. The third-order valence-corrected chi connectivity index (χ3v) is 5.23. The molecule has 8 nitrogen and oxygen atoms in total. The molecule has 1 aliphatic rings. The van der Waals surface area contributed by atoms with Gasteiger partial charge >= 0.3 is 4.87 Å². The molecule has 0 unspecified atom stereocenters. The van der Waals surface area contributed by atoms with Crippen molar-refractivity contribution >= 4 is 40.8 Å². The van der Waals surface area contributed by atoms with Gasteiger partial charge in [0.05, 0.1) is 16.9 Å². The molecule has 0 saturated carbocycles. The number of rotatable bonds is 6. The lowest BCUT2D eigenvalue weighted by atomic mass is 10.1. The zero-order chi connectivity index (χ0) is 19.5. The lowest BCUT2D eigenvalue weighted by Crippen LogP contribution is -2.31. The first-order valence-electron chi connectivity index (χ1n) is 8.63. The number of allylic oxidation sites excluding steroid dienone is 1. The number of carbonyl (C=O) groups is 1. The van der Waals surface area contributed by atoms with Crippen LogP contribution in [0.1, 0.15) is 16.1 Å². The molecule has 0 spiro atoms. The summed E-state index contributed by atoms with van der Waals surface area (Å²) in [6.45, 7) is 0.169. The van der Waals surface area contributed by atoms with Crippen LogP contribution in [0.4, 0.5) is 5.69 Å². The van der Waals surface area contributed by atoms with Crippen molar-refractivity contribution in [1.82, 2.24) is 19.9 Å². The van der Waals surface area contributed by atoms with Crippen molar-refractivity contribution in [2.75, 3.05) is 6.54 Å². The molecule has 1 amide bonds. The molecular weight excluding hydrogens is 378 g/mol. The number of hydrogen-bond donors (Lipinski definition) is 3. The van der Waals surface area contributed by atoms with Gasteiger partial charge in [-0.3, -0.25) is 19.1 Å². The molecule has 0 bridgehead atoms. The molecule has 142 valence electrons. The standard InChI is InChI=1S/C19H17N5O3S/c25-17(21-6-5-13-9-20-11-23-13)10-24-18(26)16(28-19(24)27)7-12-8-22-15-4-2-1-3-14(12)15/h1-4,7-9,11,26H,5-6,10H2,(H,20,23)(H,21,25)/b12-7+. The van der Waals surface area contributed by atoms with E-state index in [9.17, 15) is 14.7 Å². The zero-order valence-electron chi connectivity index (χ0n) is 14.8. The van der Waals surface area contributed by atoms with Crippen LogP contribution in [0.25, 0.3) is 11.6 Å². The van der Waals surface area contributed by atoms with E-state index in [1.807, 2.05) is 24.3 Å². The van der Waals surface area contributed by atoms with Crippen molar-refractivity contribution in [1.29, 1.82) is 0 Å². The second kappa shape index (κ2) is 7.65. The molecule has 4 rings (SSSR count). The number of thiazole rings is 1. The van der Waals surface area contributed by atoms with Crippen molar-refractivity contribution in [3.05, 3.63) is 62.6 Å². The van der Waals surface area contributed by atoms with Crippen LogP contribution < -0.4 is 10.2 Å². The monoisotopic (exact) mass is 395 g/mol. The van der Waals surface area contributed by atoms with Gasteiger partial charge in [0.25, 0.3) is 0 Å². The third-order valence-electron chi connectivity index (χ3n) is 4.31. The first-order valence-corrected chi connectivity index (χ1v) is 9.45. The number of para-hydroxylation sites is 1. The number of aliphatic imine (C=N–C) groups is 1. The number of fused-ring (bicyclic) bond motifs is 1. The number of aromatic nitrogens is 3. The fourth-order valence-electron chi connectivity index (χ4n) is 2.90. The van der Waals surface area contributed by atoms with Crippen LogP contribution in [-0.4, -0.2) is 38.3 Å². The van der Waals surface area contributed by atoms with Crippen molar-refractivity contribution in [2.45, 2.75) is 13.0 Å².